The van der Waals surface area contributed by atoms with E-state index in [4.69, 9.17) is 14.2 Å². The molecule has 0 aromatic carbocycles. The average Bonchev–Trinajstić information content (AvgIpc) is 3.47. The lowest BCUT2D eigenvalue weighted by molar-refractivity contribution is -0.166. The number of hydrogen-bond acceptors (Lipinski definition) is 6. The van der Waals surface area contributed by atoms with E-state index in [-0.39, 0.29) is 37.5 Å². The van der Waals surface area contributed by atoms with Crippen LogP contribution in [0.2, 0.25) is 0 Å². The Hall–Kier alpha value is -4.19. The van der Waals surface area contributed by atoms with Crippen LogP contribution in [0.3, 0.4) is 0 Å². The third-order valence-corrected chi connectivity index (χ3v) is 14.7. The summed E-state index contributed by atoms with van der Waals surface area (Å²) in [5.74, 6) is -0.980. The Morgan fingerprint density at radius 1 is 0.256 bits per heavy atom. The molecule has 1 atom stereocenters. The van der Waals surface area contributed by atoms with Crippen LogP contribution in [-0.2, 0) is 28.6 Å². The average molecular weight is 1140 g/mol. The molecule has 0 heterocycles. The summed E-state index contributed by atoms with van der Waals surface area (Å²) in [5.41, 5.74) is 0. The zero-order valence-corrected chi connectivity index (χ0v) is 53.7. The van der Waals surface area contributed by atoms with E-state index >= 15 is 0 Å². The molecular formula is C76H128O6. The third kappa shape index (κ3) is 66.6. The lowest BCUT2D eigenvalue weighted by Gasteiger charge is -2.18. The minimum absolute atomic E-state index is 0.101. The van der Waals surface area contributed by atoms with Gasteiger partial charge in [-0.3, -0.25) is 14.4 Å². The molecule has 0 aliphatic heterocycles. The van der Waals surface area contributed by atoms with Crippen molar-refractivity contribution in [3.05, 3.63) is 122 Å². The van der Waals surface area contributed by atoms with E-state index in [2.05, 4.69) is 136 Å². The number of rotatable bonds is 62. The molecule has 0 saturated heterocycles. The van der Waals surface area contributed by atoms with Crippen molar-refractivity contribution in [2.45, 2.75) is 329 Å². The first-order valence-corrected chi connectivity index (χ1v) is 34.5. The molecule has 0 bridgehead atoms. The first-order chi connectivity index (χ1) is 40.5. The molecule has 0 aromatic rings. The van der Waals surface area contributed by atoms with Gasteiger partial charge in [-0.25, -0.2) is 0 Å². The number of ether oxygens (including phenoxy) is 3. The van der Waals surface area contributed by atoms with Gasteiger partial charge >= 0.3 is 17.9 Å². The van der Waals surface area contributed by atoms with Gasteiger partial charge in [-0.2, -0.15) is 0 Å². The minimum Gasteiger partial charge on any atom is -0.462 e. The Morgan fingerprint density at radius 3 is 0.829 bits per heavy atom. The molecule has 468 valence electrons. The molecule has 0 aliphatic rings. The van der Waals surface area contributed by atoms with Crippen molar-refractivity contribution in [2.24, 2.45) is 0 Å². The van der Waals surface area contributed by atoms with Crippen molar-refractivity contribution in [1.82, 2.24) is 0 Å². The van der Waals surface area contributed by atoms with Crippen LogP contribution in [0.1, 0.15) is 323 Å². The summed E-state index contributed by atoms with van der Waals surface area (Å²) in [6.45, 7) is 6.37. The number of hydrogen-bond donors (Lipinski definition) is 0. The Balaban J connectivity index is 4.22. The molecule has 6 heteroatoms. The summed E-state index contributed by atoms with van der Waals surface area (Å²) in [5, 5.41) is 0. The maximum absolute atomic E-state index is 12.9. The Kier molecular flexibility index (Phi) is 65.8. The standard InChI is InChI=1S/C76H128O6/c1-4-7-10-13-16-19-22-25-27-29-31-32-33-34-35-36-37-38-39-40-41-42-43-44-45-47-48-51-54-57-60-63-66-69-75(78)81-72-73(71-80-74(77)68-65-62-59-56-53-50-24-21-18-15-12-9-6-3)82-76(79)70-67-64-61-58-55-52-49-46-30-28-26-23-20-17-14-11-8-5-2/h7,9-10,12,16,18-19,21,25,27-28,30-32,34-35,50,53,59,62,73H,4-6,8,11,13-15,17,20,22-24,26,29,33,36-49,51-52,54-58,60-61,63-72H2,1-3H3/b10-7-,12-9-,19-16-,21-18-,27-25-,30-28-,32-31-,35-34-,53-50-,62-59-. The smallest absolute Gasteiger partial charge is 0.306 e. The number of carbonyl (C=O) groups excluding carboxylic acids is 3. The number of carbonyl (C=O) groups is 3. The highest BCUT2D eigenvalue weighted by atomic mass is 16.6. The van der Waals surface area contributed by atoms with Crippen LogP contribution < -0.4 is 0 Å². The summed E-state index contributed by atoms with van der Waals surface area (Å²) in [6.07, 6.45) is 96.8. The van der Waals surface area contributed by atoms with Crippen molar-refractivity contribution in [3.8, 4) is 0 Å². The highest BCUT2D eigenvalue weighted by Crippen LogP contribution is 2.17. The second-order valence-corrected chi connectivity index (χ2v) is 22.7. The second-order valence-electron chi connectivity index (χ2n) is 22.7. The van der Waals surface area contributed by atoms with Gasteiger partial charge < -0.3 is 14.2 Å². The number of allylic oxidation sites excluding steroid dienone is 20. The van der Waals surface area contributed by atoms with E-state index in [1.165, 1.54) is 180 Å². The summed E-state index contributed by atoms with van der Waals surface area (Å²) in [6, 6.07) is 0. The summed E-state index contributed by atoms with van der Waals surface area (Å²) in [4.78, 5) is 38.3. The van der Waals surface area contributed by atoms with Crippen molar-refractivity contribution < 1.29 is 28.6 Å². The zero-order valence-electron chi connectivity index (χ0n) is 53.7. The normalized spacial score (nSPS) is 12.9. The van der Waals surface area contributed by atoms with Crippen LogP contribution in [-0.4, -0.2) is 37.2 Å². The van der Waals surface area contributed by atoms with Crippen LogP contribution in [0.15, 0.2) is 122 Å². The fourth-order valence-corrected chi connectivity index (χ4v) is 9.60. The van der Waals surface area contributed by atoms with Crippen molar-refractivity contribution >= 4 is 17.9 Å². The van der Waals surface area contributed by atoms with Gasteiger partial charge in [0.25, 0.3) is 0 Å². The predicted octanol–water partition coefficient (Wildman–Crippen LogP) is 23.9. The van der Waals surface area contributed by atoms with Gasteiger partial charge in [-0.15, -0.1) is 0 Å². The second kappa shape index (κ2) is 69.3. The quantitative estimate of drug-likeness (QED) is 0.0261. The van der Waals surface area contributed by atoms with Crippen LogP contribution in [0.25, 0.3) is 0 Å². The highest BCUT2D eigenvalue weighted by molar-refractivity contribution is 5.71. The van der Waals surface area contributed by atoms with E-state index in [0.717, 1.165) is 96.3 Å². The Labute approximate surface area is 507 Å². The van der Waals surface area contributed by atoms with Crippen molar-refractivity contribution in [1.29, 1.82) is 0 Å². The summed E-state index contributed by atoms with van der Waals surface area (Å²) < 4.78 is 16.9. The molecule has 0 aliphatic carbocycles. The SMILES string of the molecule is CC/C=C\C/C=C\C/C=C\C/C=C\C/C=C\CCCCCCCCCCCCCCCCCCCC(=O)OCC(COC(=O)CC/C=C\C/C=C\C/C=C\C/C=C\CC)OC(=O)CCCCCCCCC/C=C\CCCCCCCCC. The van der Waals surface area contributed by atoms with Crippen molar-refractivity contribution in [3.63, 3.8) is 0 Å². The van der Waals surface area contributed by atoms with Gasteiger partial charge in [-0.05, 0) is 116 Å². The largest absolute Gasteiger partial charge is 0.462 e. The minimum atomic E-state index is -0.811. The predicted molar refractivity (Wildman–Crippen MR) is 357 cm³/mol. The van der Waals surface area contributed by atoms with E-state index < -0.39 is 6.10 Å². The first-order valence-electron chi connectivity index (χ1n) is 34.5. The highest BCUT2D eigenvalue weighted by Gasteiger charge is 2.19. The first kappa shape index (κ1) is 77.8. The fourth-order valence-electron chi connectivity index (χ4n) is 9.60. The summed E-state index contributed by atoms with van der Waals surface area (Å²) in [7, 11) is 0. The molecule has 6 nitrogen and oxygen atoms in total. The van der Waals surface area contributed by atoms with E-state index in [0.29, 0.717) is 19.3 Å². The van der Waals surface area contributed by atoms with Gasteiger partial charge in [-0.1, -0.05) is 309 Å². The van der Waals surface area contributed by atoms with Crippen LogP contribution in [0.4, 0.5) is 0 Å². The van der Waals surface area contributed by atoms with Crippen LogP contribution >= 0.6 is 0 Å². The molecule has 0 saturated carbocycles. The van der Waals surface area contributed by atoms with Crippen LogP contribution in [0, 0.1) is 0 Å². The Morgan fingerprint density at radius 2 is 0.500 bits per heavy atom. The topological polar surface area (TPSA) is 78.9 Å². The maximum Gasteiger partial charge on any atom is 0.306 e. The molecule has 0 rings (SSSR count). The lowest BCUT2D eigenvalue weighted by Crippen LogP contribution is -2.30. The molecule has 0 fully saturated rings. The van der Waals surface area contributed by atoms with Gasteiger partial charge in [0, 0.05) is 19.3 Å². The number of esters is 3. The van der Waals surface area contributed by atoms with E-state index in [9.17, 15) is 14.4 Å². The summed E-state index contributed by atoms with van der Waals surface area (Å²) >= 11 is 0. The third-order valence-electron chi connectivity index (χ3n) is 14.7. The monoisotopic (exact) mass is 1140 g/mol. The molecular weight excluding hydrogens is 1010 g/mol. The van der Waals surface area contributed by atoms with E-state index in [1.807, 2.05) is 6.08 Å². The zero-order chi connectivity index (χ0) is 59.2. The number of unbranched alkanes of at least 4 members (excludes halogenated alkanes) is 31. The van der Waals surface area contributed by atoms with Gasteiger partial charge in [0.1, 0.15) is 13.2 Å². The fraction of sp³-hybridized carbons (Fsp3) is 0.697. The molecule has 82 heavy (non-hydrogen) atoms. The van der Waals surface area contributed by atoms with Gasteiger partial charge in [0.05, 0.1) is 0 Å². The molecule has 0 spiro atoms. The van der Waals surface area contributed by atoms with Crippen LogP contribution in [0.5, 0.6) is 0 Å². The van der Waals surface area contributed by atoms with E-state index in [1.54, 1.807) is 0 Å². The molecule has 0 N–H and O–H groups in total. The molecule has 0 amide bonds. The van der Waals surface area contributed by atoms with Gasteiger partial charge in [0.2, 0.25) is 0 Å². The molecule has 0 radical (unpaired) electrons. The van der Waals surface area contributed by atoms with Gasteiger partial charge in [0.15, 0.2) is 6.10 Å². The lowest BCUT2D eigenvalue weighted by atomic mass is 10.0. The van der Waals surface area contributed by atoms with Crippen molar-refractivity contribution in [2.75, 3.05) is 13.2 Å². The molecule has 1 unspecified atom stereocenters. The maximum atomic E-state index is 12.9. The molecule has 0 aromatic heterocycles. The Bertz CT molecular complexity index is 1690.